The number of carbonyl (C=O) groups excluding carboxylic acids is 2. The Labute approximate surface area is 180 Å². The van der Waals surface area contributed by atoms with E-state index in [1.807, 2.05) is 12.1 Å². The first-order chi connectivity index (χ1) is 14.9. The Morgan fingerprint density at radius 2 is 1.35 bits per heavy atom. The van der Waals surface area contributed by atoms with Crippen molar-refractivity contribution in [1.29, 1.82) is 0 Å². The van der Waals surface area contributed by atoms with Crippen LogP contribution in [0, 0.1) is 10.1 Å². The van der Waals surface area contributed by atoms with Gasteiger partial charge in [-0.05, 0) is 35.1 Å². The molecular formula is C22H25N3O6. The molecule has 4 rings (SSSR count). The van der Waals surface area contributed by atoms with Crippen LogP contribution in [-0.2, 0) is 35.4 Å². The molecular weight excluding hydrogens is 402 g/mol. The van der Waals surface area contributed by atoms with E-state index in [1.54, 1.807) is 11.0 Å². The minimum absolute atomic E-state index is 0.0514. The van der Waals surface area contributed by atoms with Crippen molar-refractivity contribution in [3.63, 3.8) is 0 Å². The number of non-ortho nitro benzene ring substituents is 1. The van der Waals surface area contributed by atoms with Crippen molar-refractivity contribution in [3.8, 4) is 0 Å². The predicted octanol–water partition coefficient (Wildman–Crippen LogP) is 3.53. The number of amides is 2. The average Bonchev–Trinajstić information content (AvgIpc) is 2.82. The topological polar surface area (TPSA) is 102 Å². The second kappa shape index (κ2) is 9.92. The van der Waals surface area contributed by atoms with Gasteiger partial charge in [-0.15, -0.1) is 0 Å². The lowest BCUT2D eigenvalue weighted by atomic mass is 9.99. The molecule has 0 atom stereocenters. The number of rotatable bonds is 1. The molecule has 0 aliphatic carbocycles. The Balaban J connectivity index is 0.000000179. The second-order valence-corrected chi connectivity index (χ2v) is 7.26. The van der Waals surface area contributed by atoms with Gasteiger partial charge in [0.15, 0.2) is 0 Å². The van der Waals surface area contributed by atoms with Gasteiger partial charge in [0, 0.05) is 38.3 Å². The van der Waals surface area contributed by atoms with E-state index in [-0.39, 0.29) is 11.8 Å². The van der Waals surface area contributed by atoms with Gasteiger partial charge in [-0.2, -0.15) is 0 Å². The fourth-order valence-electron chi connectivity index (χ4n) is 3.72. The Morgan fingerprint density at radius 1 is 0.839 bits per heavy atom. The van der Waals surface area contributed by atoms with Gasteiger partial charge in [-0.3, -0.25) is 10.1 Å². The Hall–Kier alpha value is -3.62. The molecule has 0 saturated heterocycles. The molecule has 0 fully saturated rings. The zero-order valence-electron chi connectivity index (χ0n) is 17.6. The number of fused-ring (bicyclic) bond motifs is 2. The minimum atomic E-state index is -0.433. The smallest absolute Gasteiger partial charge is 0.409 e. The predicted molar refractivity (Wildman–Crippen MR) is 113 cm³/mol. The molecule has 0 radical (unpaired) electrons. The number of benzene rings is 2. The van der Waals surface area contributed by atoms with E-state index in [0.717, 1.165) is 24.1 Å². The molecule has 2 aromatic carbocycles. The van der Waals surface area contributed by atoms with Crippen molar-refractivity contribution in [3.05, 3.63) is 74.8 Å². The zero-order valence-corrected chi connectivity index (χ0v) is 17.6. The highest BCUT2D eigenvalue weighted by molar-refractivity contribution is 5.68. The van der Waals surface area contributed by atoms with Crippen LogP contribution in [0.2, 0.25) is 0 Å². The number of nitro benzene ring substituents is 1. The van der Waals surface area contributed by atoms with Crippen LogP contribution in [0.5, 0.6) is 0 Å². The minimum Gasteiger partial charge on any atom is -0.453 e. The van der Waals surface area contributed by atoms with Crippen LogP contribution in [0.1, 0.15) is 22.3 Å². The van der Waals surface area contributed by atoms with Crippen LogP contribution in [0.3, 0.4) is 0 Å². The summed E-state index contributed by atoms with van der Waals surface area (Å²) < 4.78 is 9.33. The van der Waals surface area contributed by atoms with Crippen LogP contribution >= 0.6 is 0 Å². The van der Waals surface area contributed by atoms with E-state index < -0.39 is 11.0 Å². The van der Waals surface area contributed by atoms with Crippen LogP contribution in [-0.4, -0.2) is 54.2 Å². The monoisotopic (exact) mass is 427 g/mol. The second-order valence-electron chi connectivity index (χ2n) is 7.26. The number of nitrogens with zero attached hydrogens (tertiary/aromatic N) is 3. The third-order valence-corrected chi connectivity index (χ3v) is 5.41. The molecule has 0 saturated carbocycles. The lowest BCUT2D eigenvalue weighted by Crippen LogP contribution is -2.35. The highest BCUT2D eigenvalue weighted by Crippen LogP contribution is 2.24. The van der Waals surface area contributed by atoms with E-state index in [4.69, 9.17) is 4.74 Å². The molecule has 2 aliphatic rings. The zero-order chi connectivity index (χ0) is 22.4. The van der Waals surface area contributed by atoms with E-state index in [9.17, 15) is 19.7 Å². The van der Waals surface area contributed by atoms with Crippen molar-refractivity contribution in [2.45, 2.75) is 25.9 Å². The van der Waals surface area contributed by atoms with Crippen LogP contribution in [0.25, 0.3) is 0 Å². The first-order valence-corrected chi connectivity index (χ1v) is 9.91. The average molecular weight is 427 g/mol. The SMILES string of the molecule is COC(=O)N1CCc2ccc([N+](=O)[O-])cc2C1.COC(=O)N1CCc2ccccc2C1. The van der Waals surface area contributed by atoms with Crippen molar-refractivity contribution < 1.29 is 24.0 Å². The lowest BCUT2D eigenvalue weighted by molar-refractivity contribution is -0.385. The Morgan fingerprint density at radius 3 is 1.90 bits per heavy atom. The van der Waals surface area contributed by atoms with E-state index in [2.05, 4.69) is 16.9 Å². The summed E-state index contributed by atoms with van der Waals surface area (Å²) in [5.41, 5.74) is 4.49. The number of hydrogen-bond acceptors (Lipinski definition) is 6. The quantitative estimate of drug-likeness (QED) is 0.510. The first-order valence-electron chi connectivity index (χ1n) is 9.91. The van der Waals surface area contributed by atoms with E-state index in [0.29, 0.717) is 26.1 Å². The van der Waals surface area contributed by atoms with Gasteiger partial charge in [0.25, 0.3) is 5.69 Å². The number of hydrogen-bond donors (Lipinski definition) is 0. The fourth-order valence-corrected chi connectivity index (χ4v) is 3.72. The molecule has 0 bridgehead atoms. The van der Waals surface area contributed by atoms with Gasteiger partial charge in [0.2, 0.25) is 0 Å². The summed E-state index contributed by atoms with van der Waals surface area (Å²) in [5.74, 6) is 0. The normalized spacial score (nSPS) is 14.4. The third kappa shape index (κ3) is 5.30. The summed E-state index contributed by atoms with van der Waals surface area (Å²) in [4.78, 5) is 36.1. The fraction of sp³-hybridized carbons (Fsp3) is 0.364. The first kappa shape index (κ1) is 22.1. The largest absolute Gasteiger partial charge is 0.453 e. The van der Waals surface area contributed by atoms with Gasteiger partial charge < -0.3 is 19.3 Å². The molecule has 2 amide bonds. The molecule has 0 N–H and O–H groups in total. The van der Waals surface area contributed by atoms with Gasteiger partial charge in [0.05, 0.1) is 19.1 Å². The van der Waals surface area contributed by atoms with Gasteiger partial charge in [0.1, 0.15) is 0 Å². The van der Waals surface area contributed by atoms with Crippen molar-refractivity contribution in [1.82, 2.24) is 9.80 Å². The van der Waals surface area contributed by atoms with Gasteiger partial charge >= 0.3 is 12.2 Å². The summed E-state index contributed by atoms with van der Waals surface area (Å²) >= 11 is 0. The highest BCUT2D eigenvalue weighted by atomic mass is 16.6. The standard InChI is InChI=1S/C11H12N2O4.C11H13NO2/c1-17-11(14)12-5-4-8-2-3-10(13(15)16)6-9(8)7-12;1-14-11(13)12-7-6-9-4-2-3-5-10(9)8-12/h2-3,6H,4-5,7H2,1H3;2-5H,6-8H2,1H3. The summed E-state index contributed by atoms with van der Waals surface area (Å²) in [5, 5.41) is 10.7. The maximum absolute atomic E-state index is 11.4. The number of ether oxygens (including phenoxy) is 2. The Kier molecular flexibility index (Phi) is 7.07. The third-order valence-electron chi connectivity index (χ3n) is 5.41. The molecule has 0 spiro atoms. The van der Waals surface area contributed by atoms with Crippen LogP contribution < -0.4 is 0 Å². The van der Waals surface area contributed by atoms with Crippen LogP contribution in [0.4, 0.5) is 15.3 Å². The lowest BCUT2D eigenvalue weighted by Gasteiger charge is -2.27. The molecule has 2 heterocycles. The summed E-state index contributed by atoms with van der Waals surface area (Å²) in [6.45, 7) is 2.37. The summed E-state index contributed by atoms with van der Waals surface area (Å²) in [6.07, 6.45) is 0.981. The van der Waals surface area contributed by atoms with Crippen molar-refractivity contribution >= 4 is 17.9 Å². The molecule has 0 unspecified atom stereocenters. The molecule has 2 aromatic rings. The van der Waals surface area contributed by atoms with E-state index >= 15 is 0 Å². The highest BCUT2D eigenvalue weighted by Gasteiger charge is 2.23. The molecule has 9 nitrogen and oxygen atoms in total. The van der Waals surface area contributed by atoms with Crippen molar-refractivity contribution in [2.75, 3.05) is 27.3 Å². The number of methoxy groups -OCH3 is 2. The maximum Gasteiger partial charge on any atom is 0.409 e. The molecule has 9 heteroatoms. The number of carbonyl (C=O) groups is 2. The number of nitro groups is 1. The molecule has 0 aromatic heterocycles. The summed E-state index contributed by atoms with van der Waals surface area (Å²) in [6, 6.07) is 13.0. The van der Waals surface area contributed by atoms with Gasteiger partial charge in [-0.25, -0.2) is 9.59 Å². The molecule has 31 heavy (non-hydrogen) atoms. The van der Waals surface area contributed by atoms with Crippen molar-refractivity contribution in [2.24, 2.45) is 0 Å². The summed E-state index contributed by atoms with van der Waals surface area (Å²) in [7, 11) is 2.74. The molecule has 164 valence electrons. The molecule has 2 aliphatic heterocycles. The van der Waals surface area contributed by atoms with E-state index in [1.165, 1.54) is 42.4 Å². The Bertz CT molecular complexity index is 977. The maximum atomic E-state index is 11.4. The van der Waals surface area contributed by atoms with Gasteiger partial charge in [-0.1, -0.05) is 30.3 Å². The van der Waals surface area contributed by atoms with Crippen LogP contribution in [0.15, 0.2) is 42.5 Å².